The van der Waals surface area contributed by atoms with Gasteiger partial charge in [0.15, 0.2) is 0 Å². The van der Waals surface area contributed by atoms with Gasteiger partial charge in [0.2, 0.25) is 0 Å². The van der Waals surface area contributed by atoms with E-state index in [2.05, 4.69) is 0 Å². The van der Waals surface area contributed by atoms with Crippen molar-refractivity contribution in [1.29, 1.82) is 0 Å². The Morgan fingerprint density at radius 3 is 1.18 bits per heavy atom. The smallest absolute Gasteiger partial charge is 0.489 e. The van der Waals surface area contributed by atoms with Gasteiger partial charge in [-0.3, -0.25) is 0 Å². The molecule has 0 spiro atoms. The summed E-state index contributed by atoms with van der Waals surface area (Å²) in [7, 11) is -2.23. The number of rotatable bonds is 12. The first kappa shape index (κ1) is 23.7. The Hall–Kier alpha value is -3.50. The summed E-state index contributed by atoms with van der Waals surface area (Å²) >= 11 is 0. The molecular weight excluding hydrogens is 447 g/mol. The molecule has 0 aliphatic carbocycles. The third-order valence-corrected chi connectivity index (χ3v) is 5.70. The summed E-state index contributed by atoms with van der Waals surface area (Å²) in [6.45, 7) is 1.41. The zero-order valence-electron chi connectivity index (χ0n) is 18.7. The Labute approximate surface area is 200 Å². The first-order chi connectivity index (χ1) is 16.7. The molecule has 0 unspecified atom stereocenters. The molecule has 4 aromatic carbocycles. The molecule has 172 valence electrons. The highest BCUT2D eigenvalue weighted by atomic mass is 31.1. The van der Waals surface area contributed by atoms with Gasteiger partial charge < -0.3 is 9.47 Å². The molecular formula is C28H26O5P+. The van der Waals surface area contributed by atoms with Gasteiger partial charge in [-0.2, -0.15) is 0 Å². The minimum atomic E-state index is -2.23. The molecule has 0 aromatic heterocycles. The third kappa shape index (κ3) is 7.82. The van der Waals surface area contributed by atoms with E-state index in [1.807, 2.05) is 109 Å². The average Bonchev–Trinajstić information content (AvgIpc) is 2.91. The third-order valence-electron chi connectivity index (χ3n) is 5.02. The van der Waals surface area contributed by atoms with Crippen molar-refractivity contribution in [2.75, 3.05) is 0 Å². The topological polar surface area (TPSA) is 54.0 Å². The second-order valence-electron chi connectivity index (χ2n) is 7.61. The van der Waals surface area contributed by atoms with Crippen molar-refractivity contribution in [1.82, 2.24) is 0 Å². The van der Waals surface area contributed by atoms with Gasteiger partial charge in [0.25, 0.3) is 0 Å². The van der Waals surface area contributed by atoms with E-state index >= 15 is 0 Å². The van der Waals surface area contributed by atoms with Crippen molar-refractivity contribution < 1.29 is 23.1 Å². The van der Waals surface area contributed by atoms with Crippen LogP contribution in [0.5, 0.6) is 11.5 Å². The van der Waals surface area contributed by atoms with E-state index in [-0.39, 0.29) is 13.2 Å². The number of benzene rings is 4. The Morgan fingerprint density at radius 1 is 0.441 bits per heavy atom. The molecule has 0 amide bonds. The lowest BCUT2D eigenvalue weighted by Crippen LogP contribution is -1.96. The van der Waals surface area contributed by atoms with Gasteiger partial charge in [0.1, 0.15) is 37.9 Å². The summed E-state index contributed by atoms with van der Waals surface area (Å²) < 4.78 is 34.3. The maximum Gasteiger partial charge on any atom is 0.698 e. The van der Waals surface area contributed by atoms with Crippen LogP contribution in [-0.4, -0.2) is 0 Å². The minimum absolute atomic E-state index is 0.195. The van der Waals surface area contributed by atoms with E-state index < -0.39 is 8.25 Å². The largest absolute Gasteiger partial charge is 0.698 e. The molecule has 0 N–H and O–H groups in total. The van der Waals surface area contributed by atoms with Crippen LogP contribution in [0.3, 0.4) is 0 Å². The van der Waals surface area contributed by atoms with E-state index in [1.54, 1.807) is 0 Å². The Morgan fingerprint density at radius 2 is 0.794 bits per heavy atom. The molecule has 5 nitrogen and oxygen atoms in total. The summed E-state index contributed by atoms with van der Waals surface area (Å²) in [5.74, 6) is 1.54. The number of ether oxygens (including phenoxy) is 2. The second kappa shape index (κ2) is 12.7. The quantitative estimate of drug-likeness (QED) is 0.203. The van der Waals surface area contributed by atoms with E-state index in [9.17, 15) is 4.57 Å². The zero-order valence-corrected chi connectivity index (χ0v) is 19.6. The van der Waals surface area contributed by atoms with Crippen LogP contribution in [-0.2, 0) is 40.0 Å². The van der Waals surface area contributed by atoms with Crippen LogP contribution >= 0.6 is 8.25 Å². The Kier molecular flexibility index (Phi) is 8.81. The van der Waals surface area contributed by atoms with Crippen molar-refractivity contribution in [2.24, 2.45) is 0 Å². The van der Waals surface area contributed by atoms with Gasteiger partial charge in [0, 0.05) is 4.57 Å². The van der Waals surface area contributed by atoms with Crippen LogP contribution < -0.4 is 9.47 Å². The molecule has 0 saturated carbocycles. The minimum Gasteiger partial charge on any atom is -0.489 e. The summed E-state index contributed by atoms with van der Waals surface area (Å²) in [6.07, 6.45) is 0. The molecule has 0 heterocycles. The molecule has 0 fully saturated rings. The zero-order chi connectivity index (χ0) is 23.4. The molecule has 0 radical (unpaired) electrons. The lowest BCUT2D eigenvalue weighted by Gasteiger charge is -2.07. The van der Waals surface area contributed by atoms with Crippen molar-refractivity contribution in [3.63, 3.8) is 0 Å². The maximum atomic E-state index is 12.1. The van der Waals surface area contributed by atoms with Crippen LogP contribution in [0.15, 0.2) is 109 Å². The molecule has 6 heteroatoms. The summed E-state index contributed by atoms with van der Waals surface area (Å²) in [5, 5.41) is 0. The highest BCUT2D eigenvalue weighted by Gasteiger charge is 2.20. The van der Waals surface area contributed by atoms with Crippen LogP contribution in [0, 0.1) is 0 Å². The molecule has 0 atom stereocenters. The van der Waals surface area contributed by atoms with Gasteiger partial charge in [-0.05, 0) is 46.5 Å². The predicted molar refractivity (Wildman–Crippen MR) is 132 cm³/mol. The maximum absolute atomic E-state index is 12.1. The van der Waals surface area contributed by atoms with Gasteiger partial charge in [0.05, 0.1) is 0 Å². The molecule has 4 rings (SSSR count). The summed E-state index contributed by atoms with van der Waals surface area (Å²) in [6, 6.07) is 35.0. The van der Waals surface area contributed by atoms with E-state index in [4.69, 9.17) is 18.5 Å². The summed E-state index contributed by atoms with van der Waals surface area (Å²) in [5.41, 5.74) is 4.00. The van der Waals surface area contributed by atoms with E-state index in [0.717, 1.165) is 33.8 Å². The molecule has 0 bridgehead atoms. The van der Waals surface area contributed by atoms with Crippen molar-refractivity contribution in [3.05, 3.63) is 131 Å². The Balaban J connectivity index is 1.15. The van der Waals surface area contributed by atoms with Gasteiger partial charge in [-0.1, -0.05) is 84.9 Å². The molecule has 34 heavy (non-hydrogen) atoms. The van der Waals surface area contributed by atoms with Gasteiger partial charge in [-0.25, -0.2) is 0 Å². The van der Waals surface area contributed by atoms with Crippen molar-refractivity contribution in [3.8, 4) is 11.5 Å². The van der Waals surface area contributed by atoms with Crippen molar-refractivity contribution >= 4 is 8.25 Å². The molecule has 0 saturated heterocycles. The van der Waals surface area contributed by atoms with Crippen LogP contribution in [0.1, 0.15) is 22.3 Å². The summed E-state index contributed by atoms with van der Waals surface area (Å²) in [4.78, 5) is 0. The Bertz CT molecular complexity index is 1050. The average molecular weight is 473 g/mol. The standard InChI is InChI=1S/C28H26O5P/c29-34(32-21-25-11-15-27(16-12-25)30-19-23-7-3-1-4-8-23)33-22-26-13-17-28(18-14-26)31-20-24-9-5-2-6-10-24/h1-18H,19-22H2/q+1. The molecule has 4 aromatic rings. The van der Waals surface area contributed by atoms with Gasteiger partial charge in [-0.15, -0.1) is 9.05 Å². The molecule has 0 aliphatic rings. The second-order valence-corrected chi connectivity index (χ2v) is 8.57. The SMILES string of the molecule is O=[P+](OCc1ccc(OCc2ccccc2)cc1)OCc1ccc(OCc2ccccc2)cc1. The number of hydrogen-bond acceptors (Lipinski definition) is 5. The monoisotopic (exact) mass is 473 g/mol. The highest BCUT2D eigenvalue weighted by Crippen LogP contribution is 2.28. The van der Waals surface area contributed by atoms with E-state index in [0.29, 0.717) is 13.2 Å². The fourth-order valence-electron chi connectivity index (χ4n) is 3.14. The first-order valence-corrected chi connectivity index (χ1v) is 12.1. The van der Waals surface area contributed by atoms with E-state index in [1.165, 1.54) is 0 Å². The predicted octanol–water partition coefficient (Wildman–Crippen LogP) is 7.24. The van der Waals surface area contributed by atoms with Crippen LogP contribution in [0.2, 0.25) is 0 Å². The molecule has 0 aliphatic heterocycles. The van der Waals surface area contributed by atoms with Crippen molar-refractivity contribution in [2.45, 2.75) is 26.4 Å². The first-order valence-electron chi connectivity index (χ1n) is 11.0. The fraction of sp³-hybridized carbons (Fsp3) is 0.143. The van der Waals surface area contributed by atoms with Gasteiger partial charge >= 0.3 is 8.25 Å². The fourth-order valence-corrected chi connectivity index (χ4v) is 3.72. The number of hydrogen-bond donors (Lipinski definition) is 0. The highest BCUT2D eigenvalue weighted by molar-refractivity contribution is 7.33. The lowest BCUT2D eigenvalue weighted by molar-refractivity contribution is 0.212. The van der Waals surface area contributed by atoms with Crippen LogP contribution in [0.25, 0.3) is 0 Å². The normalized spacial score (nSPS) is 10.6. The van der Waals surface area contributed by atoms with Crippen LogP contribution in [0.4, 0.5) is 0 Å². The lowest BCUT2D eigenvalue weighted by atomic mass is 10.2.